The van der Waals surface area contributed by atoms with Gasteiger partial charge in [0, 0.05) is 12.6 Å². The topological polar surface area (TPSA) is 86.0 Å². The van der Waals surface area contributed by atoms with Crippen LogP contribution in [0.4, 0.5) is 0 Å². The van der Waals surface area contributed by atoms with Gasteiger partial charge in [-0.3, -0.25) is 14.2 Å². The molecule has 0 fully saturated rings. The predicted molar refractivity (Wildman–Crippen MR) is 96.3 cm³/mol. The third-order valence-corrected chi connectivity index (χ3v) is 3.96. The van der Waals surface area contributed by atoms with Crippen molar-refractivity contribution in [3.05, 3.63) is 56.4 Å². The van der Waals surface area contributed by atoms with Gasteiger partial charge in [-0.2, -0.15) is 9.78 Å². The predicted octanol–water partition coefficient (Wildman–Crippen LogP) is 1.64. The van der Waals surface area contributed by atoms with Crippen molar-refractivity contribution < 1.29 is 4.79 Å². The van der Waals surface area contributed by atoms with Crippen molar-refractivity contribution in [1.29, 1.82) is 0 Å². The fourth-order valence-corrected chi connectivity index (χ4v) is 2.40. The molecule has 2 aromatic rings. The van der Waals surface area contributed by atoms with Crippen molar-refractivity contribution in [2.24, 2.45) is 0 Å². The molecule has 0 spiro atoms. The summed E-state index contributed by atoms with van der Waals surface area (Å²) in [5, 5.41) is 6.81. The van der Waals surface area contributed by atoms with Gasteiger partial charge in [0.1, 0.15) is 0 Å². The molecule has 1 heterocycles. The molecule has 25 heavy (non-hydrogen) atoms. The van der Waals surface area contributed by atoms with E-state index in [-0.39, 0.29) is 18.3 Å². The van der Waals surface area contributed by atoms with Crippen molar-refractivity contribution in [3.63, 3.8) is 0 Å². The van der Waals surface area contributed by atoms with Crippen LogP contribution in [0.1, 0.15) is 49.7 Å². The number of hydrogen-bond acceptors (Lipinski definition) is 4. The highest BCUT2D eigenvalue weighted by Crippen LogP contribution is 2.06. The van der Waals surface area contributed by atoms with Crippen LogP contribution >= 0.6 is 0 Å². The highest BCUT2D eigenvalue weighted by atomic mass is 16.2. The third kappa shape index (κ3) is 4.04. The van der Waals surface area contributed by atoms with E-state index in [0.29, 0.717) is 12.1 Å². The summed E-state index contributed by atoms with van der Waals surface area (Å²) in [5.74, 6) is -0.564. The minimum Gasteiger partial charge on any atom is -0.348 e. The molecular formula is C18H24N4O3. The highest BCUT2D eigenvalue weighted by molar-refractivity contribution is 5.91. The van der Waals surface area contributed by atoms with Crippen molar-refractivity contribution in [1.82, 2.24) is 19.7 Å². The Bertz CT molecular complexity index is 883. The molecule has 0 bridgehead atoms. The second-order valence-corrected chi connectivity index (χ2v) is 6.12. The maximum atomic E-state index is 12.7. The number of benzene rings is 1. The average molecular weight is 344 g/mol. The van der Waals surface area contributed by atoms with Crippen LogP contribution in [0.3, 0.4) is 0 Å². The fraction of sp³-hybridized carbons (Fsp3) is 0.444. The van der Waals surface area contributed by atoms with E-state index in [1.165, 1.54) is 0 Å². The number of aryl methyl sites for hydroxylation is 1. The van der Waals surface area contributed by atoms with Gasteiger partial charge < -0.3 is 5.32 Å². The molecule has 0 saturated heterocycles. The maximum absolute atomic E-state index is 12.7. The Morgan fingerprint density at radius 2 is 2.00 bits per heavy atom. The minimum absolute atomic E-state index is 0.0901. The van der Waals surface area contributed by atoms with Crippen LogP contribution in [0.2, 0.25) is 0 Å². The summed E-state index contributed by atoms with van der Waals surface area (Å²) in [6.45, 7) is 7.77. The van der Waals surface area contributed by atoms with Crippen molar-refractivity contribution >= 4 is 5.91 Å². The Balaban J connectivity index is 2.66. The SMILES string of the molecule is CCCn1c(=O)c(C(=O)N[C@@H](C)CC)nn(-c2cccc(C)c2)c1=O. The zero-order chi connectivity index (χ0) is 18.6. The summed E-state index contributed by atoms with van der Waals surface area (Å²) in [5.41, 5.74) is 0.00134. The van der Waals surface area contributed by atoms with E-state index < -0.39 is 17.2 Å². The molecule has 1 aromatic carbocycles. The smallest absolute Gasteiger partial charge is 0.348 e. The summed E-state index contributed by atoms with van der Waals surface area (Å²) >= 11 is 0. The van der Waals surface area contributed by atoms with Crippen LogP contribution in [0.5, 0.6) is 0 Å². The van der Waals surface area contributed by atoms with Gasteiger partial charge in [-0.15, -0.1) is 0 Å². The molecule has 1 amide bonds. The molecule has 1 N–H and O–H groups in total. The Morgan fingerprint density at radius 1 is 1.28 bits per heavy atom. The summed E-state index contributed by atoms with van der Waals surface area (Å²) in [6.07, 6.45) is 1.33. The summed E-state index contributed by atoms with van der Waals surface area (Å²) < 4.78 is 2.19. The van der Waals surface area contributed by atoms with E-state index in [2.05, 4.69) is 10.4 Å². The van der Waals surface area contributed by atoms with Crippen molar-refractivity contribution in [2.45, 2.75) is 53.1 Å². The first-order chi connectivity index (χ1) is 11.9. The molecule has 2 rings (SSSR count). The highest BCUT2D eigenvalue weighted by Gasteiger charge is 2.20. The minimum atomic E-state index is -0.656. The van der Waals surface area contributed by atoms with Crippen LogP contribution in [0.25, 0.3) is 5.69 Å². The number of rotatable bonds is 6. The molecule has 1 aromatic heterocycles. The van der Waals surface area contributed by atoms with Gasteiger partial charge in [-0.05, 0) is 44.4 Å². The normalized spacial score (nSPS) is 12.0. The average Bonchev–Trinajstić information content (AvgIpc) is 2.58. The number of aromatic nitrogens is 3. The van der Waals surface area contributed by atoms with Crippen molar-refractivity contribution in [2.75, 3.05) is 0 Å². The quantitative estimate of drug-likeness (QED) is 0.863. The number of carbonyl (C=O) groups is 1. The van der Waals surface area contributed by atoms with Crippen LogP contribution in [-0.2, 0) is 6.54 Å². The van der Waals surface area contributed by atoms with Gasteiger partial charge in [0.2, 0.25) is 5.69 Å². The van der Waals surface area contributed by atoms with Gasteiger partial charge in [-0.25, -0.2) is 4.79 Å². The molecule has 0 aliphatic heterocycles. The van der Waals surface area contributed by atoms with E-state index in [0.717, 1.165) is 21.2 Å². The molecule has 0 aliphatic rings. The molecule has 7 heteroatoms. The number of nitrogens with zero attached hydrogens (tertiary/aromatic N) is 3. The Morgan fingerprint density at radius 3 is 2.60 bits per heavy atom. The first-order valence-electron chi connectivity index (χ1n) is 8.51. The van der Waals surface area contributed by atoms with Crippen LogP contribution in [0, 0.1) is 6.92 Å². The Hall–Kier alpha value is -2.70. The lowest BCUT2D eigenvalue weighted by Crippen LogP contribution is -2.46. The lowest BCUT2D eigenvalue weighted by molar-refractivity contribution is 0.0929. The molecule has 0 radical (unpaired) electrons. The first kappa shape index (κ1) is 18.6. The van der Waals surface area contributed by atoms with Crippen LogP contribution < -0.4 is 16.6 Å². The molecule has 0 unspecified atom stereocenters. The summed E-state index contributed by atoms with van der Waals surface area (Å²) in [7, 11) is 0. The van der Waals surface area contributed by atoms with Crippen molar-refractivity contribution in [3.8, 4) is 5.69 Å². The standard InChI is InChI=1S/C18H24N4O3/c1-5-10-21-17(24)15(16(23)19-13(4)6-2)20-22(18(21)25)14-9-7-8-12(3)11-14/h7-9,11,13H,5-6,10H2,1-4H3,(H,19,23)/t13-/m0/s1. The number of nitrogens with one attached hydrogen (secondary N) is 1. The zero-order valence-electron chi connectivity index (χ0n) is 15.1. The van der Waals surface area contributed by atoms with Crippen LogP contribution in [0.15, 0.2) is 33.9 Å². The lowest BCUT2D eigenvalue weighted by Gasteiger charge is -2.14. The Kier molecular flexibility index (Phi) is 5.90. The molecular weight excluding hydrogens is 320 g/mol. The molecule has 134 valence electrons. The molecule has 0 aliphatic carbocycles. The number of amides is 1. The third-order valence-electron chi connectivity index (χ3n) is 3.96. The zero-order valence-corrected chi connectivity index (χ0v) is 15.1. The fourth-order valence-electron chi connectivity index (χ4n) is 2.40. The monoisotopic (exact) mass is 344 g/mol. The molecule has 1 atom stereocenters. The number of hydrogen-bond donors (Lipinski definition) is 1. The number of carbonyl (C=O) groups excluding carboxylic acids is 1. The van der Waals surface area contributed by atoms with Gasteiger partial charge in [0.25, 0.3) is 11.5 Å². The summed E-state index contributed by atoms with van der Waals surface area (Å²) in [4.78, 5) is 37.7. The van der Waals surface area contributed by atoms with Gasteiger partial charge in [0.05, 0.1) is 5.69 Å². The van der Waals surface area contributed by atoms with E-state index >= 15 is 0 Å². The van der Waals surface area contributed by atoms with E-state index in [1.807, 2.05) is 33.8 Å². The van der Waals surface area contributed by atoms with E-state index in [9.17, 15) is 14.4 Å². The second kappa shape index (κ2) is 7.92. The van der Waals surface area contributed by atoms with E-state index in [4.69, 9.17) is 0 Å². The van der Waals surface area contributed by atoms with Gasteiger partial charge >= 0.3 is 5.69 Å². The lowest BCUT2D eigenvalue weighted by atomic mass is 10.2. The molecule has 0 saturated carbocycles. The van der Waals surface area contributed by atoms with Gasteiger partial charge in [-0.1, -0.05) is 26.0 Å². The van der Waals surface area contributed by atoms with Crippen LogP contribution in [-0.4, -0.2) is 26.3 Å². The Labute approximate surface area is 146 Å². The largest absolute Gasteiger partial charge is 0.352 e. The van der Waals surface area contributed by atoms with Gasteiger partial charge in [0.15, 0.2) is 0 Å². The summed E-state index contributed by atoms with van der Waals surface area (Å²) in [6, 6.07) is 7.11. The second-order valence-electron chi connectivity index (χ2n) is 6.12. The first-order valence-corrected chi connectivity index (χ1v) is 8.51. The molecule has 7 nitrogen and oxygen atoms in total. The van der Waals surface area contributed by atoms with E-state index in [1.54, 1.807) is 18.2 Å². The maximum Gasteiger partial charge on any atom is 0.352 e.